The monoisotopic (exact) mass is 404 g/mol. The number of likely N-dealkylation sites (tertiary alicyclic amines) is 1. The highest BCUT2D eigenvalue weighted by atomic mass is 79.9. The van der Waals surface area contributed by atoms with Crippen molar-refractivity contribution in [2.75, 3.05) is 18.4 Å². The second-order valence-electron chi connectivity index (χ2n) is 4.75. The summed E-state index contributed by atoms with van der Waals surface area (Å²) in [5.41, 5.74) is 0.686. The third-order valence-electron chi connectivity index (χ3n) is 3.21. The summed E-state index contributed by atoms with van der Waals surface area (Å²) in [4.78, 5) is 24.5. The number of nitrogens with one attached hydrogen (secondary N) is 1. The van der Waals surface area contributed by atoms with Gasteiger partial charge in [-0.05, 0) is 46.5 Å². The Morgan fingerprint density at radius 1 is 1.40 bits per heavy atom. The zero-order chi connectivity index (χ0) is 14.7. The van der Waals surface area contributed by atoms with Crippen molar-refractivity contribution in [3.63, 3.8) is 0 Å². The topological polar surface area (TPSA) is 69.6 Å². The first-order chi connectivity index (χ1) is 9.45. The predicted molar refractivity (Wildman–Crippen MR) is 82.8 cm³/mol. The molecule has 0 aliphatic carbocycles. The van der Waals surface area contributed by atoms with Crippen LogP contribution in [0.15, 0.2) is 27.1 Å². The molecule has 2 rings (SSSR count). The van der Waals surface area contributed by atoms with E-state index in [1.54, 1.807) is 4.90 Å². The summed E-state index contributed by atoms with van der Waals surface area (Å²) in [6.45, 7) is 1.08. The van der Waals surface area contributed by atoms with E-state index in [0.29, 0.717) is 18.8 Å². The highest BCUT2D eigenvalue weighted by molar-refractivity contribution is 9.11. The molecule has 2 amide bonds. The molecule has 1 saturated heterocycles. The third kappa shape index (κ3) is 3.96. The molecule has 7 heteroatoms. The number of amides is 2. The Morgan fingerprint density at radius 2 is 2.15 bits per heavy atom. The number of carbonyl (C=O) groups is 2. The molecule has 0 aromatic heterocycles. The Hall–Kier alpha value is -1.08. The van der Waals surface area contributed by atoms with Crippen LogP contribution in [0.5, 0.6) is 0 Å². The number of hydrogen-bond acceptors (Lipinski definition) is 2. The van der Waals surface area contributed by atoms with E-state index >= 15 is 0 Å². The van der Waals surface area contributed by atoms with Gasteiger partial charge >= 0.3 is 12.0 Å². The molecule has 1 aromatic carbocycles. The van der Waals surface area contributed by atoms with Crippen LogP contribution in [-0.2, 0) is 4.79 Å². The number of aliphatic carboxylic acids is 1. The summed E-state index contributed by atoms with van der Waals surface area (Å²) < 4.78 is 1.68. The molecule has 108 valence electrons. The van der Waals surface area contributed by atoms with Crippen molar-refractivity contribution in [2.24, 2.45) is 5.92 Å². The van der Waals surface area contributed by atoms with Crippen LogP contribution in [0, 0.1) is 5.92 Å². The highest BCUT2D eigenvalue weighted by Crippen LogP contribution is 2.27. The number of carboxylic acids is 1. The van der Waals surface area contributed by atoms with Crippen molar-refractivity contribution in [2.45, 2.75) is 12.8 Å². The van der Waals surface area contributed by atoms with Gasteiger partial charge < -0.3 is 15.3 Å². The number of hydrogen-bond donors (Lipinski definition) is 2. The first-order valence-corrected chi connectivity index (χ1v) is 7.77. The van der Waals surface area contributed by atoms with Gasteiger partial charge in [-0.3, -0.25) is 4.79 Å². The van der Waals surface area contributed by atoms with Crippen LogP contribution in [0.1, 0.15) is 12.8 Å². The minimum atomic E-state index is -0.813. The lowest BCUT2D eigenvalue weighted by molar-refractivity contribution is -0.138. The molecule has 1 atom stereocenters. The molecule has 20 heavy (non-hydrogen) atoms. The SMILES string of the molecule is O=C(O)CC1CCN(C(=O)Nc2cc(Br)ccc2Br)C1. The fourth-order valence-electron chi connectivity index (χ4n) is 2.22. The van der Waals surface area contributed by atoms with Crippen LogP contribution in [-0.4, -0.2) is 35.1 Å². The molecule has 1 fully saturated rings. The molecule has 1 aliphatic rings. The van der Waals surface area contributed by atoms with Crippen molar-refractivity contribution < 1.29 is 14.7 Å². The van der Waals surface area contributed by atoms with Crippen LogP contribution in [0.3, 0.4) is 0 Å². The van der Waals surface area contributed by atoms with Crippen LogP contribution >= 0.6 is 31.9 Å². The van der Waals surface area contributed by atoms with Crippen molar-refractivity contribution in [1.29, 1.82) is 0 Å². The fraction of sp³-hybridized carbons (Fsp3) is 0.385. The standard InChI is InChI=1S/C13H14Br2N2O3/c14-9-1-2-10(15)11(6-9)16-13(20)17-4-3-8(7-17)5-12(18)19/h1-2,6,8H,3-5,7H2,(H,16,20)(H,18,19). The van der Waals surface area contributed by atoms with E-state index in [4.69, 9.17) is 5.11 Å². The van der Waals surface area contributed by atoms with Crippen molar-refractivity contribution >= 4 is 49.5 Å². The second kappa shape index (κ2) is 6.58. The first-order valence-electron chi connectivity index (χ1n) is 6.18. The molecule has 1 unspecified atom stereocenters. The maximum atomic E-state index is 12.1. The molecular weight excluding hydrogens is 392 g/mol. The zero-order valence-electron chi connectivity index (χ0n) is 10.6. The van der Waals surface area contributed by atoms with Crippen molar-refractivity contribution in [1.82, 2.24) is 4.90 Å². The molecular formula is C13H14Br2N2O3. The lowest BCUT2D eigenvalue weighted by atomic mass is 10.1. The van der Waals surface area contributed by atoms with Gasteiger partial charge in [-0.1, -0.05) is 15.9 Å². The van der Waals surface area contributed by atoms with Gasteiger partial charge in [0.15, 0.2) is 0 Å². The molecule has 2 N–H and O–H groups in total. The van der Waals surface area contributed by atoms with E-state index in [2.05, 4.69) is 37.2 Å². The lowest BCUT2D eigenvalue weighted by Crippen LogP contribution is -2.33. The van der Waals surface area contributed by atoms with E-state index < -0.39 is 5.97 Å². The summed E-state index contributed by atoms with van der Waals surface area (Å²) in [5, 5.41) is 11.6. The van der Waals surface area contributed by atoms with Crippen LogP contribution < -0.4 is 5.32 Å². The molecule has 1 aromatic rings. The Balaban J connectivity index is 1.96. The average molecular weight is 406 g/mol. The summed E-state index contributed by atoms with van der Waals surface area (Å²) in [7, 11) is 0. The number of nitrogens with zero attached hydrogens (tertiary/aromatic N) is 1. The minimum Gasteiger partial charge on any atom is -0.481 e. The summed E-state index contributed by atoms with van der Waals surface area (Å²) in [6.07, 6.45) is 0.851. The van der Waals surface area contributed by atoms with Gasteiger partial charge in [0.1, 0.15) is 0 Å². The Morgan fingerprint density at radius 3 is 2.85 bits per heavy atom. The molecule has 1 heterocycles. The van der Waals surface area contributed by atoms with E-state index in [1.165, 1.54) is 0 Å². The number of rotatable bonds is 3. The maximum absolute atomic E-state index is 12.1. The molecule has 5 nitrogen and oxygen atoms in total. The van der Waals surface area contributed by atoms with Gasteiger partial charge in [0, 0.05) is 28.5 Å². The highest BCUT2D eigenvalue weighted by Gasteiger charge is 2.27. The van der Waals surface area contributed by atoms with Gasteiger partial charge in [0.2, 0.25) is 0 Å². The largest absolute Gasteiger partial charge is 0.481 e. The molecule has 0 radical (unpaired) electrons. The number of halogens is 2. The first kappa shape index (κ1) is 15.3. The van der Waals surface area contributed by atoms with Crippen LogP contribution in [0.4, 0.5) is 10.5 Å². The smallest absolute Gasteiger partial charge is 0.321 e. The summed E-state index contributed by atoms with van der Waals surface area (Å²) in [5.74, 6) is -0.767. The summed E-state index contributed by atoms with van der Waals surface area (Å²) >= 11 is 6.74. The Bertz CT molecular complexity index is 536. The second-order valence-corrected chi connectivity index (χ2v) is 6.52. The predicted octanol–water partition coefficient (Wildman–Crippen LogP) is 3.54. The van der Waals surface area contributed by atoms with E-state index in [9.17, 15) is 9.59 Å². The third-order valence-corrected chi connectivity index (χ3v) is 4.39. The minimum absolute atomic E-state index is 0.0456. The number of urea groups is 1. The van der Waals surface area contributed by atoms with Crippen LogP contribution in [0.25, 0.3) is 0 Å². The number of benzene rings is 1. The maximum Gasteiger partial charge on any atom is 0.321 e. The van der Waals surface area contributed by atoms with E-state index in [1.807, 2.05) is 18.2 Å². The lowest BCUT2D eigenvalue weighted by Gasteiger charge is -2.18. The van der Waals surface area contributed by atoms with E-state index in [0.717, 1.165) is 15.4 Å². The van der Waals surface area contributed by atoms with Gasteiger partial charge in [-0.25, -0.2) is 4.79 Å². The molecule has 0 saturated carbocycles. The fourth-order valence-corrected chi connectivity index (χ4v) is 2.93. The summed E-state index contributed by atoms with van der Waals surface area (Å²) in [6, 6.07) is 5.33. The molecule has 1 aliphatic heterocycles. The van der Waals surface area contributed by atoms with Gasteiger partial charge in [0.25, 0.3) is 0 Å². The average Bonchev–Trinajstić information content (AvgIpc) is 2.81. The van der Waals surface area contributed by atoms with Crippen molar-refractivity contribution in [3.05, 3.63) is 27.1 Å². The Labute approximate surface area is 133 Å². The van der Waals surface area contributed by atoms with Crippen molar-refractivity contribution in [3.8, 4) is 0 Å². The van der Waals surface area contributed by atoms with Gasteiger partial charge in [0.05, 0.1) is 5.69 Å². The molecule has 0 bridgehead atoms. The number of carbonyl (C=O) groups excluding carboxylic acids is 1. The van der Waals surface area contributed by atoms with Crippen LogP contribution in [0.2, 0.25) is 0 Å². The normalized spacial score (nSPS) is 18.1. The van der Waals surface area contributed by atoms with Gasteiger partial charge in [-0.2, -0.15) is 0 Å². The van der Waals surface area contributed by atoms with Gasteiger partial charge in [-0.15, -0.1) is 0 Å². The quantitative estimate of drug-likeness (QED) is 0.807. The number of carboxylic acid groups (broad SMARTS) is 1. The molecule has 0 spiro atoms. The zero-order valence-corrected chi connectivity index (χ0v) is 13.8. The Kier molecular flexibility index (Phi) is 5.04. The number of anilines is 1. The van der Waals surface area contributed by atoms with E-state index in [-0.39, 0.29) is 18.4 Å².